The van der Waals surface area contributed by atoms with Crippen molar-refractivity contribution in [2.24, 2.45) is 4.99 Å². The highest BCUT2D eigenvalue weighted by Gasteiger charge is 2.03. The second-order valence-corrected chi connectivity index (χ2v) is 3.95. The maximum atomic E-state index is 11.5. The van der Waals surface area contributed by atoms with Gasteiger partial charge >= 0.3 is 0 Å². The van der Waals surface area contributed by atoms with E-state index in [1.807, 2.05) is 12.1 Å². The predicted octanol–water partition coefficient (Wildman–Crippen LogP) is 1.77. The second-order valence-electron chi connectivity index (χ2n) is 3.95. The van der Waals surface area contributed by atoms with E-state index in [0.717, 1.165) is 5.56 Å². The van der Waals surface area contributed by atoms with Crippen molar-refractivity contribution in [3.63, 3.8) is 0 Å². The van der Waals surface area contributed by atoms with Gasteiger partial charge in [0.2, 0.25) is 0 Å². The van der Waals surface area contributed by atoms with Gasteiger partial charge in [0.05, 0.1) is 20.8 Å². The van der Waals surface area contributed by atoms with Crippen LogP contribution < -0.4 is 14.6 Å². The first-order chi connectivity index (χ1) is 9.21. The van der Waals surface area contributed by atoms with Gasteiger partial charge in [-0.05, 0) is 30.9 Å². The summed E-state index contributed by atoms with van der Waals surface area (Å²) in [5.41, 5.74) is 0.855. The molecule has 0 saturated carbocycles. The highest BCUT2D eigenvalue weighted by molar-refractivity contribution is 5.71. The normalized spacial score (nSPS) is 10.9. The molecule has 102 valence electrons. The molecule has 0 aliphatic heterocycles. The first-order valence-corrected chi connectivity index (χ1v) is 6.06. The molecule has 0 fully saturated rings. The quantitative estimate of drug-likeness (QED) is 0.325. The van der Waals surface area contributed by atoms with Gasteiger partial charge in [0.25, 0.3) is 0 Å². The lowest BCUT2D eigenvalue weighted by Crippen LogP contribution is -2.17. The molecule has 1 aromatic rings. The molecule has 0 radical (unpaired) electrons. The molecule has 0 unspecified atom stereocenters. The van der Waals surface area contributed by atoms with Crippen LogP contribution in [-0.4, -0.2) is 20.1 Å². The SMILES string of the molecule is C#CCCCC([O-])=NCc1ccc(OC)cc1OC. The Balaban J connectivity index is 2.66. The van der Waals surface area contributed by atoms with Gasteiger partial charge in [-0.1, -0.05) is 0 Å². The number of hydrogen-bond donors (Lipinski definition) is 0. The molecule has 0 N–H and O–H groups in total. The Kier molecular flexibility index (Phi) is 6.31. The molecule has 0 aromatic heterocycles. The Labute approximate surface area is 114 Å². The number of benzene rings is 1. The highest BCUT2D eigenvalue weighted by Crippen LogP contribution is 2.25. The summed E-state index contributed by atoms with van der Waals surface area (Å²) in [6, 6.07) is 5.43. The molecule has 0 aliphatic rings. The Morgan fingerprint density at radius 3 is 2.79 bits per heavy atom. The van der Waals surface area contributed by atoms with Crippen LogP contribution >= 0.6 is 0 Å². The second kappa shape index (κ2) is 8.04. The molecule has 1 aromatic carbocycles. The van der Waals surface area contributed by atoms with Crippen LogP contribution in [0.3, 0.4) is 0 Å². The number of methoxy groups -OCH3 is 2. The summed E-state index contributed by atoms with van der Waals surface area (Å²) in [6.45, 7) is 0.308. The van der Waals surface area contributed by atoms with Crippen LogP contribution in [0.15, 0.2) is 23.2 Å². The van der Waals surface area contributed by atoms with Gasteiger partial charge < -0.3 is 19.6 Å². The van der Waals surface area contributed by atoms with Gasteiger partial charge in [0.15, 0.2) is 0 Å². The summed E-state index contributed by atoms with van der Waals surface area (Å²) in [6.07, 6.45) is 6.80. The lowest BCUT2D eigenvalue weighted by atomic mass is 10.2. The van der Waals surface area contributed by atoms with E-state index in [0.29, 0.717) is 37.3 Å². The van der Waals surface area contributed by atoms with Gasteiger partial charge in [-0.15, -0.1) is 12.3 Å². The number of rotatable bonds is 7. The van der Waals surface area contributed by atoms with Crippen LogP contribution in [-0.2, 0) is 6.54 Å². The number of terminal acetylenes is 1. The maximum absolute atomic E-state index is 11.5. The van der Waals surface area contributed by atoms with Gasteiger partial charge in [-0.25, -0.2) is 0 Å². The molecule has 0 amide bonds. The van der Waals surface area contributed by atoms with E-state index in [2.05, 4.69) is 10.9 Å². The first-order valence-electron chi connectivity index (χ1n) is 6.06. The van der Waals surface area contributed by atoms with E-state index in [1.54, 1.807) is 20.3 Å². The van der Waals surface area contributed by atoms with E-state index in [4.69, 9.17) is 15.9 Å². The Bertz CT molecular complexity index is 475. The summed E-state index contributed by atoms with van der Waals surface area (Å²) in [5, 5.41) is 11.5. The maximum Gasteiger partial charge on any atom is 0.127 e. The smallest absolute Gasteiger partial charge is 0.127 e. The van der Waals surface area contributed by atoms with Crippen molar-refractivity contribution in [2.45, 2.75) is 25.8 Å². The van der Waals surface area contributed by atoms with Crippen molar-refractivity contribution in [3.8, 4) is 23.8 Å². The van der Waals surface area contributed by atoms with Crippen LogP contribution in [0.1, 0.15) is 24.8 Å². The first kappa shape index (κ1) is 14.9. The van der Waals surface area contributed by atoms with E-state index < -0.39 is 0 Å². The van der Waals surface area contributed by atoms with Crippen molar-refractivity contribution >= 4 is 5.90 Å². The molecule has 0 spiro atoms. The third-order valence-corrected chi connectivity index (χ3v) is 2.63. The number of unbranched alkanes of at least 4 members (excludes halogenated alkanes) is 1. The lowest BCUT2D eigenvalue weighted by molar-refractivity contribution is -0.219. The number of nitrogens with zero attached hydrogens (tertiary/aromatic N) is 1. The average Bonchev–Trinajstić information content (AvgIpc) is 2.45. The predicted molar refractivity (Wildman–Crippen MR) is 73.4 cm³/mol. The minimum atomic E-state index is -0.131. The van der Waals surface area contributed by atoms with E-state index >= 15 is 0 Å². The lowest BCUT2D eigenvalue weighted by Gasteiger charge is -2.12. The Hall–Kier alpha value is -2.15. The summed E-state index contributed by atoms with van der Waals surface area (Å²) >= 11 is 0. The summed E-state index contributed by atoms with van der Waals surface area (Å²) in [4.78, 5) is 4.00. The molecule has 0 bridgehead atoms. The molecule has 4 heteroatoms. The molecule has 4 nitrogen and oxygen atoms in total. The molecule has 1 rings (SSSR count). The molecular formula is C15H18NO3-. The average molecular weight is 260 g/mol. The van der Waals surface area contributed by atoms with Crippen molar-refractivity contribution in [3.05, 3.63) is 23.8 Å². The van der Waals surface area contributed by atoms with E-state index in [1.165, 1.54) is 0 Å². The number of hydrogen-bond acceptors (Lipinski definition) is 4. The molecule has 0 aliphatic carbocycles. The van der Waals surface area contributed by atoms with E-state index in [9.17, 15) is 5.11 Å². The van der Waals surface area contributed by atoms with Gasteiger partial charge in [0.1, 0.15) is 11.5 Å². The van der Waals surface area contributed by atoms with Crippen molar-refractivity contribution < 1.29 is 14.6 Å². The van der Waals surface area contributed by atoms with Crippen molar-refractivity contribution in [1.29, 1.82) is 0 Å². The van der Waals surface area contributed by atoms with Crippen LogP contribution in [0.2, 0.25) is 0 Å². The summed E-state index contributed by atoms with van der Waals surface area (Å²) in [7, 11) is 3.17. The van der Waals surface area contributed by atoms with Crippen LogP contribution in [0.5, 0.6) is 11.5 Å². The topological polar surface area (TPSA) is 53.9 Å². The Morgan fingerprint density at radius 1 is 1.37 bits per heavy atom. The summed E-state index contributed by atoms with van der Waals surface area (Å²) < 4.78 is 10.3. The zero-order valence-electron chi connectivity index (χ0n) is 11.3. The fraction of sp³-hybridized carbons (Fsp3) is 0.400. The third kappa shape index (κ3) is 4.92. The molecular weight excluding hydrogens is 242 g/mol. The zero-order valence-corrected chi connectivity index (χ0v) is 11.3. The van der Waals surface area contributed by atoms with Crippen LogP contribution in [0.4, 0.5) is 0 Å². The van der Waals surface area contributed by atoms with Gasteiger partial charge in [-0.3, -0.25) is 0 Å². The van der Waals surface area contributed by atoms with Gasteiger partial charge in [0, 0.05) is 18.1 Å². The van der Waals surface area contributed by atoms with Crippen LogP contribution in [0, 0.1) is 12.3 Å². The number of aliphatic imine (C=N–C) groups is 1. The van der Waals surface area contributed by atoms with E-state index in [-0.39, 0.29) is 5.90 Å². The minimum Gasteiger partial charge on any atom is -0.862 e. The number of ether oxygens (including phenoxy) is 2. The molecule has 0 atom stereocenters. The van der Waals surface area contributed by atoms with Crippen LogP contribution in [0.25, 0.3) is 0 Å². The molecule has 0 heterocycles. The minimum absolute atomic E-state index is 0.131. The largest absolute Gasteiger partial charge is 0.862 e. The Morgan fingerprint density at radius 2 is 2.16 bits per heavy atom. The molecule has 19 heavy (non-hydrogen) atoms. The monoisotopic (exact) mass is 260 g/mol. The third-order valence-electron chi connectivity index (χ3n) is 2.63. The standard InChI is InChI=1S/C15H19NO3/c1-4-5-6-7-15(17)16-11-12-8-9-13(18-2)10-14(12)19-3/h1,8-10H,5-7,11H2,2-3H3,(H,16,17)/p-1. The van der Waals surface area contributed by atoms with Crippen molar-refractivity contribution in [2.75, 3.05) is 14.2 Å². The van der Waals surface area contributed by atoms with Crippen molar-refractivity contribution in [1.82, 2.24) is 0 Å². The highest BCUT2D eigenvalue weighted by atomic mass is 16.5. The fourth-order valence-corrected chi connectivity index (χ4v) is 1.58. The molecule has 0 saturated heterocycles. The zero-order chi connectivity index (χ0) is 14.1. The fourth-order valence-electron chi connectivity index (χ4n) is 1.58. The van der Waals surface area contributed by atoms with Gasteiger partial charge in [-0.2, -0.15) is 0 Å². The summed E-state index contributed by atoms with van der Waals surface area (Å²) in [5.74, 6) is 3.74.